The van der Waals surface area contributed by atoms with E-state index in [-0.39, 0.29) is 5.91 Å². The van der Waals surface area contributed by atoms with Gasteiger partial charge in [-0.05, 0) is 31.2 Å². The fourth-order valence-corrected chi connectivity index (χ4v) is 3.32. The lowest BCUT2D eigenvalue weighted by atomic mass is 10.2. The number of thioether (sulfide) groups is 1. The van der Waals surface area contributed by atoms with E-state index >= 15 is 0 Å². The Hall–Kier alpha value is -3.12. The monoisotopic (exact) mass is 374 g/mol. The molecular formula is C21H18N4OS. The molecule has 134 valence electrons. The number of anilines is 1. The molecule has 0 saturated carbocycles. The molecule has 0 aliphatic rings. The number of nitrogens with one attached hydrogen (secondary N) is 1. The maximum Gasteiger partial charge on any atom is 0.234 e. The lowest BCUT2D eigenvalue weighted by molar-refractivity contribution is -0.113. The maximum absolute atomic E-state index is 12.1. The first-order valence-electron chi connectivity index (χ1n) is 8.58. The molecule has 0 saturated heterocycles. The van der Waals surface area contributed by atoms with Gasteiger partial charge >= 0.3 is 0 Å². The first-order chi connectivity index (χ1) is 13.2. The molecule has 2 heterocycles. The fourth-order valence-electron chi connectivity index (χ4n) is 2.66. The third kappa shape index (κ3) is 4.17. The zero-order chi connectivity index (χ0) is 18.6. The van der Waals surface area contributed by atoms with E-state index in [1.54, 1.807) is 4.52 Å². The van der Waals surface area contributed by atoms with Crippen molar-refractivity contribution in [1.29, 1.82) is 0 Å². The van der Waals surface area contributed by atoms with Crippen molar-refractivity contribution in [2.75, 3.05) is 11.1 Å². The van der Waals surface area contributed by atoms with Gasteiger partial charge in [0, 0.05) is 11.3 Å². The van der Waals surface area contributed by atoms with Crippen molar-refractivity contribution >= 4 is 29.0 Å². The van der Waals surface area contributed by atoms with E-state index in [2.05, 4.69) is 15.4 Å². The Morgan fingerprint density at radius 1 is 1.04 bits per heavy atom. The van der Waals surface area contributed by atoms with Gasteiger partial charge in [0.25, 0.3) is 0 Å². The summed E-state index contributed by atoms with van der Waals surface area (Å²) in [5.74, 6) is 0.244. The molecular weight excluding hydrogens is 356 g/mol. The Balaban J connectivity index is 1.43. The zero-order valence-electron chi connectivity index (χ0n) is 14.8. The highest BCUT2D eigenvalue weighted by Gasteiger charge is 2.08. The predicted octanol–water partition coefficient (Wildman–Crippen LogP) is 4.44. The number of hydrogen-bond acceptors (Lipinski definition) is 4. The summed E-state index contributed by atoms with van der Waals surface area (Å²) in [6.07, 6.45) is 1.90. The third-order valence-corrected chi connectivity index (χ3v) is 4.97. The van der Waals surface area contributed by atoms with Gasteiger partial charge in [0.1, 0.15) is 5.03 Å². The van der Waals surface area contributed by atoms with Gasteiger partial charge in [0.15, 0.2) is 5.65 Å². The minimum Gasteiger partial charge on any atom is -0.325 e. The molecule has 27 heavy (non-hydrogen) atoms. The van der Waals surface area contributed by atoms with Gasteiger partial charge < -0.3 is 5.32 Å². The van der Waals surface area contributed by atoms with Crippen LogP contribution in [0.5, 0.6) is 0 Å². The van der Waals surface area contributed by atoms with Crippen LogP contribution in [0.15, 0.2) is 78.0 Å². The molecule has 2 aromatic carbocycles. The van der Waals surface area contributed by atoms with Gasteiger partial charge in [0.2, 0.25) is 5.91 Å². The van der Waals surface area contributed by atoms with Crippen LogP contribution < -0.4 is 5.32 Å². The number of amides is 1. The summed E-state index contributed by atoms with van der Waals surface area (Å²) in [5, 5.41) is 8.22. The smallest absolute Gasteiger partial charge is 0.234 e. The second-order valence-corrected chi connectivity index (χ2v) is 7.17. The average Bonchev–Trinajstić information content (AvgIpc) is 3.12. The molecule has 0 fully saturated rings. The standard InChI is InChI=1S/C21H18N4OS/c1-15-7-9-17(10-8-15)22-20(26)14-27-21-12-11-19-23-18(13-25(19)24-21)16-5-3-2-4-6-16/h2-13H,14H2,1H3,(H,22,26). The third-order valence-electron chi connectivity index (χ3n) is 4.05. The predicted molar refractivity (Wildman–Crippen MR) is 109 cm³/mol. The van der Waals surface area contributed by atoms with Gasteiger partial charge in [-0.1, -0.05) is 59.8 Å². The van der Waals surface area contributed by atoms with Crippen LogP contribution in [0.25, 0.3) is 16.9 Å². The van der Waals surface area contributed by atoms with E-state index in [1.807, 2.05) is 79.9 Å². The average molecular weight is 374 g/mol. The first kappa shape index (κ1) is 17.3. The minimum absolute atomic E-state index is 0.0543. The van der Waals surface area contributed by atoms with Gasteiger partial charge in [-0.15, -0.1) is 0 Å². The molecule has 0 aliphatic carbocycles. The summed E-state index contributed by atoms with van der Waals surface area (Å²) in [6, 6.07) is 21.6. The van der Waals surface area contributed by atoms with Crippen LogP contribution in [0.2, 0.25) is 0 Å². The number of aryl methyl sites for hydroxylation is 1. The SMILES string of the molecule is Cc1ccc(NC(=O)CSc2ccc3nc(-c4ccccc4)cn3n2)cc1. The lowest BCUT2D eigenvalue weighted by Gasteiger charge is -2.05. The van der Waals surface area contributed by atoms with Crippen molar-refractivity contribution in [3.8, 4) is 11.3 Å². The second kappa shape index (κ2) is 7.63. The molecule has 4 aromatic rings. The second-order valence-electron chi connectivity index (χ2n) is 6.17. The molecule has 0 bridgehead atoms. The van der Waals surface area contributed by atoms with Crippen LogP contribution in [0, 0.1) is 6.92 Å². The molecule has 1 N–H and O–H groups in total. The van der Waals surface area contributed by atoms with Crippen LogP contribution >= 0.6 is 11.8 Å². The highest BCUT2D eigenvalue weighted by Crippen LogP contribution is 2.21. The van der Waals surface area contributed by atoms with Gasteiger partial charge in [0.05, 0.1) is 17.6 Å². The minimum atomic E-state index is -0.0543. The highest BCUT2D eigenvalue weighted by atomic mass is 32.2. The quantitative estimate of drug-likeness (QED) is 0.525. The Morgan fingerprint density at radius 2 is 1.81 bits per heavy atom. The molecule has 6 heteroatoms. The normalized spacial score (nSPS) is 10.9. The zero-order valence-corrected chi connectivity index (χ0v) is 15.6. The van der Waals surface area contributed by atoms with Gasteiger partial charge in [-0.25, -0.2) is 9.50 Å². The van der Waals surface area contributed by atoms with E-state index in [4.69, 9.17) is 0 Å². The lowest BCUT2D eigenvalue weighted by Crippen LogP contribution is -2.14. The summed E-state index contributed by atoms with van der Waals surface area (Å²) in [5.41, 5.74) is 4.67. The van der Waals surface area contributed by atoms with E-state index < -0.39 is 0 Å². The molecule has 4 rings (SSSR count). The summed E-state index contributed by atoms with van der Waals surface area (Å²) in [6.45, 7) is 2.02. The number of carbonyl (C=O) groups is 1. The Kier molecular flexibility index (Phi) is 4.89. The van der Waals surface area contributed by atoms with Gasteiger partial charge in [-0.2, -0.15) is 5.10 Å². The molecule has 0 atom stereocenters. The van der Waals surface area contributed by atoms with Crippen LogP contribution in [0.1, 0.15) is 5.56 Å². The highest BCUT2D eigenvalue weighted by molar-refractivity contribution is 7.99. The maximum atomic E-state index is 12.1. The topological polar surface area (TPSA) is 59.3 Å². The number of aromatic nitrogens is 3. The van der Waals surface area contributed by atoms with E-state index in [0.717, 1.165) is 33.2 Å². The van der Waals surface area contributed by atoms with Crippen LogP contribution in [0.4, 0.5) is 5.69 Å². The number of rotatable bonds is 5. The van der Waals surface area contributed by atoms with Crippen molar-refractivity contribution in [1.82, 2.24) is 14.6 Å². The van der Waals surface area contributed by atoms with Crippen molar-refractivity contribution in [3.05, 3.63) is 78.5 Å². The Bertz CT molecular complexity index is 1070. The summed E-state index contributed by atoms with van der Waals surface area (Å²) >= 11 is 1.40. The Morgan fingerprint density at radius 3 is 2.59 bits per heavy atom. The van der Waals surface area contributed by atoms with Crippen LogP contribution in [-0.4, -0.2) is 26.3 Å². The number of fused-ring (bicyclic) bond motifs is 1. The van der Waals surface area contributed by atoms with Crippen LogP contribution in [-0.2, 0) is 4.79 Å². The summed E-state index contributed by atoms with van der Waals surface area (Å²) < 4.78 is 1.75. The van der Waals surface area contributed by atoms with Crippen molar-refractivity contribution in [2.24, 2.45) is 0 Å². The molecule has 2 aromatic heterocycles. The number of imidazole rings is 1. The molecule has 1 amide bonds. The molecule has 0 spiro atoms. The number of benzene rings is 2. The van der Waals surface area contributed by atoms with E-state index in [1.165, 1.54) is 11.8 Å². The van der Waals surface area contributed by atoms with E-state index in [9.17, 15) is 4.79 Å². The molecule has 0 aliphatic heterocycles. The summed E-state index contributed by atoms with van der Waals surface area (Å²) in [7, 11) is 0. The van der Waals surface area contributed by atoms with Crippen LogP contribution in [0.3, 0.4) is 0 Å². The van der Waals surface area contributed by atoms with Gasteiger partial charge in [-0.3, -0.25) is 4.79 Å². The van der Waals surface area contributed by atoms with E-state index in [0.29, 0.717) is 5.75 Å². The molecule has 5 nitrogen and oxygen atoms in total. The fraction of sp³-hybridized carbons (Fsp3) is 0.0952. The Labute approximate surface area is 161 Å². The molecule has 0 unspecified atom stereocenters. The van der Waals surface area contributed by atoms with Crippen molar-refractivity contribution in [3.63, 3.8) is 0 Å². The van der Waals surface area contributed by atoms with Crippen molar-refractivity contribution < 1.29 is 4.79 Å². The largest absolute Gasteiger partial charge is 0.325 e. The first-order valence-corrected chi connectivity index (χ1v) is 9.57. The summed E-state index contributed by atoms with van der Waals surface area (Å²) in [4.78, 5) is 16.7. The number of carbonyl (C=O) groups excluding carboxylic acids is 1. The number of hydrogen-bond donors (Lipinski definition) is 1. The molecule has 0 radical (unpaired) electrons. The number of nitrogens with zero attached hydrogens (tertiary/aromatic N) is 3. The van der Waals surface area contributed by atoms with Crippen molar-refractivity contribution in [2.45, 2.75) is 11.9 Å².